The fraction of sp³-hybridized carbons (Fsp3) is 0.357. The molecule has 6 heteroatoms. The van der Waals surface area contributed by atoms with Crippen LogP contribution in [0.15, 0.2) is 18.2 Å². The Balaban J connectivity index is 2.38. The number of carbonyl (C=O) groups is 1. The quantitative estimate of drug-likeness (QED) is 0.813. The Kier molecular flexibility index (Phi) is 4.39. The van der Waals surface area contributed by atoms with Crippen LogP contribution in [0.5, 0.6) is 0 Å². The van der Waals surface area contributed by atoms with E-state index in [1.165, 1.54) is 0 Å². The molecule has 0 bridgehead atoms. The van der Waals surface area contributed by atoms with Crippen LogP contribution in [0.25, 0.3) is 5.69 Å². The van der Waals surface area contributed by atoms with E-state index in [9.17, 15) is 4.79 Å². The van der Waals surface area contributed by atoms with E-state index < -0.39 is 5.97 Å². The fourth-order valence-electron chi connectivity index (χ4n) is 1.82. The van der Waals surface area contributed by atoms with E-state index in [1.807, 2.05) is 26.0 Å². The van der Waals surface area contributed by atoms with Crippen molar-refractivity contribution in [2.75, 3.05) is 6.61 Å². The Morgan fingerprint density at radius 3 is 2.85 bits per heavy atom. The van der Waals surface area contributed by atoms with Gasteiger partial charge in [0.2, 0.25) is 0 Å². The molecule has 0 N–H and O–H groups in total. The number of rotatable bonds is 4. The molecular formula is C14H16ClN3O2. The predicted molar refractivity (Wildman–Crippen MR) is 76.4 cm³/mol. The Bertz CT molecular complexity index is 637. The van der Waals surface area contributed by atoms with Gasteiger partial charge in [0.15, 0.2) is 5.69 Å². The van der Waals surface area contributed by atoms with E-state index in [0.29, 0.717) is 17.3 Å². The molecule has 0 saturated heterocycles. The molecule has 106 valence electrons. The molecule has 0 aliphatic rings. The number of esters is 1. The second-order valence-electron chi connectivity index (χ2n) is 4.50. The lowest BCUT2D eigenvalue weighted by molar-refractivity contribution is 0.0497. The summed E-state index contributed by atoms with van der Waals surface area (Å²) in [5.74, 6) is -0.449. The van der Waals surface area contributed by atoms with Crippen LogP contribution < -0.4 is 0 Å². The zero-order chi connectivity index (χ0) is 14.7. The van der Waals surface area contributed by atoms with Gasteiger partial charge >= 0.3 is 5.97 Å². The molecule has 0 aliphatic heterocycles. The van der Waals surface area contributed by atoms with E-state index in [-0.39, 0.29) is 5.69 Å². The first-order valence-electron chi connectivity index (χ1n) is 6.40. The van der Waals surface area contributed by atoms with Gasteiger partial charge in [-0.25, -0.2) is 9.48 Å². The molecule has 1 aromatic heterocycles. The van der Waals surface area contributed by atoms with E-state index in [4.69, 9.17) is 16.3 Å². The number of ether oxygens (including phenoxy) is 1. The van der Waals surface area contributed by atoms with E-state index in [2.05, 4.69) is 10.3 Å². The van der Waals surface area contributed by atoms with Gasteiger partial charge in [-0.05, 0) is 38.0 Å². The van der Waals surface area contributed by atoms with Crippen molar-refractivity contribution < 1.29 is 9.53 Å². The Labute approximate surface area is 122 Å². The summed E-state index contributed by atoms with van der Waals surface area (Å²) in [5, 5.41) is 8.54. The zero-order valence-electron chi connectivity index (χ0n) is 11.7. The molecule has 0 spiro atoms. The first-order chi connectivity index (χ1) is 9.54. The van der Waals surface area contributed by atoms with E-state index in [1.54, 1.807) is 17.7 Å². The molecule has 2 rings (SSSR count). The first kappa shape index (κ1) is 14.5. The summed E-state index contributed by atoms with van der Waals surface area (Å²) in [5.41, 5.74) is 2.67. The molecule has 5 nitrogen and oxygen atoms in total. The average molecular weight is 294 g/mol. The number of benzene rings is 1. The van der Waals surface area contributed by atoms with Gasteiger partial charge < -0.3 is 4.74 Å². The number of aryl methyl sites for hydroxylation is 1. The molecule has 2 aromatic rings. The van der Waals surface area contributed by atoms with Crippen LogP contribution in [0.1, 0.15) is 35.1 Å². The third-order valence-corrected chi connectivity index (χ3v) is 3.16. The van der Waals surface area contributed by atoms with Crippen LogP contribution >= 0.6 is 11.6 Å². The standard InChI is InChI=1S/C14H16ClN3O2/c1-4-7-20-14(19)13-10(3)18(17-16-13)12-8-11(15)6-5-9(12)2/h5-6,8H,4,7H2,1-3H3. The maximum absolute atomic E-state index is 11.9. The van der Waals surface area contributed by atoms with Crippen molar-refractivity contribution >= 4 is 17.6 Å². The van der Waals surface area contributed by atoms with Crippen LogP contribution in [0.4, 0.5) is 0 Å². The third-order valence-electron chi connectivity index (χ3n) is 2.92. The van der Waals surface area contributed by atoms with Gasteiger partial charge in [-0.15, -0.1) is 5.10 Å². The number of nitrogens with zero attached hydrogens (tertiary/aromatic N) is 3. The van der Waals surface area contributed by atoms with Crippen molar-refractivity contribution in [2.45, 2.75) is 27.2 Å². The van der Waals surface area contributed by atoms with Crippen LogP contribution in [0.2, 0.25) is 5.02 Å². The van der Waals surface area contributed by atoms with Crippen molar-refractivity contribution in [1.82, 2.24) is 15.0 Å². The van der Waals surface area contributed by atoms with Crippen LogP contribution in [-0.2, 0) is 4.74 Å². The predicted octanol–water partition coefficient (Wildman–Crippen LogP) is 3.10. The molecule has 1 heterocycles. The van der Waals surface area contributed by atoms with Crippen molar-refractivity contribution in [3.8, 4) is 5.69 Å². The molecule has 0 radical (unpaired) electrons. The molecule has 1 aromatic carbocycles. The highest BCUT2D eigenvalue weighted by Crippen LogP contribution is 2.21. The SMILES string of the molecule is CCCOC(=O)c1nnn(-c2cc(Cl)ccc2C)c1C. The smallest absolute Gasteiger partial charge is 0.360 e. The van der Waals surface area contributed by atoms with Crippen molar-refractivity contribution in [3.63, 3.8) is 0 Å². The van der Waals surface area contributed by atoms with Gasteiger partial charge in [0.25, 0.3) is 0 Å². The van der Waals surface area contributed by atoms with E-state index in [0.717, 1.165) is 17.7 Å². The highest BCUT2D eigenvalue weighted by molar-refractivity contribution is 6.30. The normalized spacial score (nSPS) is 10.6. The summed E-state index contributed by atoms with van der Waals surface area (Å²) in [4.78, 5) is 11.9. The number of halogens is 1. The molecule has 0 fully saturated rings. The minimum Gasteiger partial charge on any atom is -0.461 e. The molecule has 0 unspecified atom stereocenters. The van der Waals surface area contributed by atoms with Gasteiger partial charge in [-0.1, -0.05) is 29.8 Å². The van der Waals surface area contributed by atoms with Crippen LogP contribution in [-0.4, -0.2) is 27.6 Å². The third kappa shape index (κ3) is 2.82. The second kappa shape index (κ2) is 6.05. The number of hydrogen-bond donors (Lipinski definition) is 0. The lowest BCUT2D eigenvalue weighted by Gasteiger charge is -2.07. The maximum Gasteiger partial charge on any atom is 0.360 e. The number of carbonyl (C=O) groups excluding carboxylic acids is 1. The van der Waals surface area contributed by atoms with Gasteiger partial charge in [0.1, 0.15) is 0 Å². The van der Waals surface area contributed by atoms with Gasteiger partial charge in [0, 0.05) is 5.02 Å². The molecule has 20 heavy (non-hydrogen) atoms. The maximum atomic E-state index is 11.9. The first-order valence-corrected chi connectivity index (χ1v) is 6.78. The largest absolute Gasteiger partial charge is 0.461 e. The second-order valence-corrected chi connectivity index (χ2v) is 4.94. The van der Waals surface area contributed by atoms with Gasteiger partial charge in [-0.2, -0.15) is 0 Å². The lowest BCUT2D eigenvalue weighted by atomic mass is 10.2. The lowest BCUT2D eigenvalue weighted by Crippen LogP contribution is -2.09. The summed E-state index contributed by atoms with van der Waals surface area (Å²) in [6.45, 7) is 6.04. The van der Waals surface area contributed by atoms with Crippen molar-refractivity contribution in [3.05, 3.63) is 40.2 Å². The summed E-state index contributed by atoms with van der Waals surface area (Å²) >= 11 is 6.00. The topological polar surface area (TPSA) is 57.0 Å². The minimum atomic E-state index is -0.449. The van der Waals surface area contributed by atoms with Crippen LogP contribution in [0.3, 0.4) is 0 Å². The van der Waals surface area contributed by atoms with Crippen molar-refractivity contribution in [1.29, 1.82) is 0 Å². The molecule has 0 amide bonds. The molecular weight excluding hydrogens is 278 g/mol. The number of hydrogen-bond acceptors (Lipinski definition) is 4. The van der Waals surface area contributed by atoms with Crippen molar-refractivity contribution in [2.24, 2.45) is 0 Å². The summed E-state index contributed by atoms with van der Waals surface area (Å²) in [6.07, 6.45) is 0.770. The summed E-state index contributed by atoms with van der Waals surface area (Å²) in [6, 6.07) is 5.50. The Morgan fingerprint density at radius 2 is 2.15 bits per heavy atom. The average Bonchev–Trinajstić information content (AvgIpc) is 2.80. The summed E-state index contributed by atoms with van der Waals surface area (Å²) < 4.78 is 6.68. The van der Waals surface area contributed by atoms with E-state index >= 15 is 0 Å². The highest BCUT2D eigenvalue weighted by atomic mass is 35.5. The molecule has 0 atom stereocenters. The van der Waals surface area contributed by atoms with Crippen LogP contribution in [0, 0.1) is 13.8 Å². The Hall–Kier alpha value is -1.88. The molecule has 0 saturated carbocycles. The highest BCUT2D eigenvalue weighted by Gasteiger charge is 2.19. The Morgan fingerprint density at radius 1 is 1.40 bits per heavy atom. The van der Waals surface area contributed by atoms with Gasteiger partial charge in [0.05, 0.1) is 18.0 Å². The monoisotopic (exact) mass is 293 g/mol. The fourth-order valence-corrected chi connectivity index (χ4v) is 1.99. The molecule has 0 aliphatic carbocycles. The zero-order valence-corrected chi connectivity index (χ0v) is 12.4. The minimum absolute atomic E-state index is 0.234. The summed E-state index contributed by atoms with van der Waals surface area (Å²) in [7, 11) is 0. The number of aromatic nitrogens is 3. The van der Waals surface area contributed by atoms with Gasteiger partial charge in [-0.3, -0.25) is 0 Å².